The third-order valence-corrected chi connectivity index (χ3v) is 3.52. The van der Waals surface area contributed by atoms with E-state index in [9.17, 15) is 9.59 Å². The Kier molecular flexibility index (Phi) is 4.89. The van der Waals surface area contributed by atoms with Gasteiger partial charge >= 0.3 is 5.97 Å². The Labute approximate surface area is 149 Å². The average Bonchev–Trinajstić information content (AvgIpc) is 2.62. The van der Waals surface area contributed by atoms with Gasteiger partial charge in [0, 0.05) is 30.1 Å². The van der Waals surface area contributed by atoms with E-state index in [2.05, 4.69) is 20.6 Å². The zero-order chi connectivity index (χ0) is 18.5. The fraction of sp³-hybridized carbons (Fsp3) is 0.0526. The van der Waals surface area contributed by atoms with Gasteiger partial charge in [0.15, 0.2) is 0 Å². The van der Waals surface area contributed by atoms with Crippen molar-refractivity contribution < 1.29 is 14.7 Å². The lowest BCUT2D eigenvalue weighted by Gasteiger charge is -2.08. The molecule has 0 saturated carbocycles. The number of nitrogens with one attached hydrogen (secondary N) is 2. The number of anilines is 3. The lowest BCUT2D eigenvalue weighted by Crippen LogP contribution is -2.05. The highest BCUT2D eigenvalue weighted by Crippen LogP contribution is 2.22. The maximum atomic E-state index is 11.1. The van der Waals surface area contributed by atoms with Gasteiger partial charge in [0.25, 0.3) is 0 Å². The summed E-state index contributed by atoms with van der Waals surface area (Å²) in [5.74, 6) is -0.770. The van der Waals surface area contributed by atoms with E-state index in [4.69, 9.17) is 5.11 Å². The second-order valence-corrected chi connectivity index (χ2v) is 5.53. The number of amides is 1. The van der Waals surface area contributed by atoms with Gasteiger partial charge in [-0.1, -0.05) is 18.2 Å². The highest BCUT2D eigenvalue weighted by atomic mass is 16.4. The molecule has 3 rings (SSSR count). The Morgan fingerprint density at radius 2 is 1.77 bits per heavy atom. The van der Waals surface area contributed by atoms with E-state index in [-0.39, 0.29) is 11.5 Å². The van der Waals surface area contributed by atoms with Crippen LogP contribution >= 0.6 is 0 Å². The van der Waals surface area contributed by atoms with Crippen molar-refractivity contribution in [3.63, 3.8) is 0 Å². The Morgan fingerprint density at radius 3 is 2.46 bits per heavy atom. The molecule has 0 bridgehead atoms. The summed E-state index contributed by atoms with van der Waals surface area (Å²) in [4.78, 5) is 30.7. The minimum atomic E-state index is -0.998. The first kappa shape index (κ1) is 17.1. The molecule has 26 heavy (non-hydrogen) atoms. The van der Waals surface area contributed by atoms with Crippen molar-refractivity contribution in [3.8, 4) is 11.3 Å². The van der Waals surface area contributed by atoms with Crippen molar-refractivity contribution in [1.29, 1.82) is 0 Å². The van der Waals surface area contributed by atoms with E-state index in [0.717, 1.165) is 5.56 Å². The molecule has 1 aromatic heterocycles. The summed E-state index contributed by atoms with van der Waals surface area (Å²) in [5.41, 5.74) is 3.04. The lowest BCUT2D eigenvalue weighted by atomic mass is 10.1. The standard InChI is InChI=1S/C19H16N4O3/c1-12(24)21-15-7-5-13(6-8-15)17-9-10-20-19(23-17)22-16-4-2-3-14(11-16)18(25)26/h2-11H,1H3,(H,21,24)(H,25,26)(H,20,22,23). The molecular formula is C19H16N4O3. The maximum Gasteiger partial charge on any atom is 0.335 e. The van der Waals surface area contributed by atoms with Crippen molar-refractivity contribution in [2.45, 2.75) is 6.92 Å². The van der Waals surface area contributed by atoms with Gasteiger partial charge in [-0.3, -0.25) is 4.79 Å². The molecule has 0 saturated heterocycles. The van der Waals surface area contributed by atoms with Crippen LogP contribution in [0, 0.1) is 0 Å². The molecule has 0 fully saturated rings. The highest BCUT2D eigenvalue weighted by molar-refractivity contribution is 5.89. The predicted octanol–water partition coefficient (Wildman–Crippen LogP) is 3.54. The minimum Gasteiger partial charge on any atom is -0.478 e. The highest BCUT2D eigenvalue weighted by Gasteiger charge is 2.06. The molecule has 130 valence electrons. The Hall–Kier alpha value is -3.74. The SMILES string of the molecule is CC(=O)Nc1ccc(-c2ccnc(Nc3cccc(C(=O)O)c3)n2)cc1. The quantitative estimate of drug-likeness (QED) is 0.651. The number of carbonyl (C=O) groups excluding carboxylic acids is 1. The van der Waals surface area contributed by atoms with E-state index in [1.165, 1.54) is 19.1 Å². The molecule has 0 aliphatic rings. The van der Waals surface area contributed by atoms with Crippen LogP contribution in [0.25, 0.3) is 11.3 Å². The summed E-state index contributed by atoms with van der Waals surface area (Å²) in [6, 6.07) is 15.5. The van der Waals surface area contributed by atoms with Crippen molar-refractivity contribution in [1.82, 2.24) is 9.97 Å². The molecule has 7 heteroatoms. The first-order valence-corrected chi connectivity index (χ1v) is 7.83. The first-order valence-electron chi connectivity index (χ1n) is 7.83. The second kappa shape index (κ2) is 7.43. The number of hydrogen-bond donors (Lipinski definition) is 3. The van der Waals surface area contributed by atoms with Crippen molar-refractivity contribution >= 4 is 29.2 Å². The van der Waals surface area contributed by atoms with Crippen LogP contribution in [0.4, 0.5) is 17.3 Å². The third kappa shape index (κ3) is 4.21. The molecule has 7 nitrogen and oxygen atoms in total. The van der Waals surface area contributed by atoms with E-state index < -0.39 is 5.97 Å². The fourth-order valence-corrected chi connectivity index (χ4v) is 2.37. The monoisotopic (exact) mass is 348 g/mol. The molecular weight excluding hydrogens is 332 g/mol. The summed E-state index contributed by atoms with van der Waals surface area (Å²) in [6.45, 7) is 1.45. The van der Waals surface area contributed by atoms with Crippen molar-refractivity contribution in [2.24, 2.45) is 0 Å². The van der Waals surface area contributed by atoms with Crippen LogP contribution < -0.4 is 10.6 Å². The van der Waals surface area contributed by atoms with Gasteiger partial charge in [-0.2, -0.15) is 0 Å². The van der Waals surface area contributed by atoms with Crippen LogP contribution in [-0.2, 0) is 4.79 Å². The molecule has 0 aliphatic heterocycles. The zero-order valence-corrected chi connectivity index (χ0v) is 13.9. The number of aromatic nitrogens is 2. The molecule has 0 atom stereocenters. The van der Waals surface area contributed by atoms with Gasteiger partial charge in [-0.15, -0.1) is 0 Å². The van der Waals surface area contributed by atoms with Crippen LogP contribution in [0.5, 0.6) is 0 Å². The molecule has 1 amide bonds. The van der Waals surface area contributed by atoms with Gasteiger partial charge in [-0.05, 0) is 36.4 Å². The Bertz CT molecular complexity index is 955. The number of carboxylic acids is 1. The van der Waals surface area contributed by atoms with E-state index in [1.54, 1.807) is 36.5 Å². The van der Waals surface area contributed by atoms with E-state index in [1.807, 2.05) is 12.1 Å². The molecule has 0 aliphatic carbocycles. The van der Waals surface area contributed by atoms with Gasteiger partial charge in [0.1, 0.15) is 0 Å². The lowest BCUT2D eigenvalue weighted by molar-refractivity contribution is -0.114. The molecule has 1 heterocycles. The Balaban J connectivity index is 1.81. The molecule has 0 spiro atoms. The molecule has 3 aromatic rings. The summed E-state index contributed by atoms with van der Waals surface area (Å²) in [7, 11) is 0. The van der Waals surface area contributed by atoms with Gasteiger partial charge in [-0.25, -0.2) is 14.8 Å². The topological polar surface area (TPSA) is 104 Å². The molecule has 0 unspecified atom stereocenters. The maximum absolute atomic E-state index is 11.1. The molecule has 0 radical (unpaired) electrons. The summed E-state index contributed by atoms with van der Waals surface area (Å²) in [6.07, 6.45) is 1.62. The van der Waals surface area contributed by atoms with E-state index in [0.29, 0.717) is 23.0 Å². The van der Waals surface area contributed by atoms with Crippen molar-refractivity contribution in [2.75, 3.05) is 10.6 Å². The Morgan fingerprint density at radius 1 is 1.00 bits per heavy atom. The number of hydrogen-bond acceptors (Lipinski definition) is 5. The molecule has 3 N–H and O–H groups in total. The summed E-state index contributed by atoms with van der Waals surface area (Å²) >= 11 is 0. The number of aromatic carboxylic acids is 1. The van der Waals surface area contributed by atoms with Crippen LogP contribution in [-0.4, -0.2) is 27.0 Å². The van der Waals surface area contributed by atoms with E-state index >= 15 is 0 Å². The van der Waals surface area contributed by atoms with Gasteiger partial charge in [0.05, 0.1) is 11.3 Å². The normalized spacial score (nSPS) is 10.2. The second-order valence-electron chi connectivity index (χ2n) is 5.53. The number of nitrogens with zero attached hydrogens (tertiary/aromatic N) is 2. The number of benzene rings is 2. The number of carboxylic acid groups (broad SMARTS) is 1. The minimum absolute atomic E-state index is 0.130. The summed E-state index contributed by atoms with van der Waals surface area (Å²) < 4.78 is 0. The van der Waals surface area contributed by atoms with Crippen LogP contribution in [0.15, 0.2) is 60.8 Å². The largest absolute Gasteiger partial charge is 0.478 e. The summed E-state index contributed by atoms with van der Waals surface area (Å²) in [5, 5.41) is 14.8. The molecule has 2 aromatic carbocycles. The zero-order valence-electron chi connectivity index (χ0n) is 13.9. The van der Waals surface area contributed by atoms with Crippen LogP contribution in [0.2, 0.25) is 0 Å². The predicted molar refractivity (Wildman–Crippen MR) is 98.5 cm³/mol. The number of rotatable bonds is 5. The van der Waals surface area contributed by atoms with Crippen molar-refractivity contribution in [3.05, 3.63) is 66.4 Å². The smallest absolute Gasteiger partial charge is 0.335 e. The first-order chi connectivity index (χ1) is 12.5. The average molecular weight is 348 g/mol. The fourth-order valence-electron chi connectivity index (χ4n) is 2.37. The van der Waals surface area contributed by atoms with Crippen LogP contribution in [0.3, 0.4) is 0 Å². The van der Waals surface area contributed by atoms with Gasteiger partial charge < -0.3 is 15.7 Å². The van der Waals surface area contributed by atoms with Gasteiger partial charge in [0.2, 0.25) is 11.9 Å². The number of carbonyl (C=O) groups is 2. The third-order valence-electron chi connectivity index (χ3n) is 3.52. The van der Waals surface area contributed by atoms with Crippen LogP contribution in [0.1, 0.15) is 17.3 Å².